The molecule has 1 aliphatic heterocycles. The van der Waals surface area contributed by atoms with Crippen LogP contribution in [0.1, 0.15) is 13.8 Å². The second-order valence-electron chi connectivity index (χ2n) is 3.24. The van der Waals surface area contributed by atoms with E-state index in [0.29, 0.717) is 13.2 Å². The highest BCUT2D eigenvalue weighted by Gasteiger charge is 2.14. The van der Waals surface area contributed by atoms with Crippen LogP contribution in [0.4, 0.5) is 11.4 Å². The average molecular weight is 208 g/mol. The summed E-state index contributed by atoms with van der Waals surface area (Å²) in [7, 11) is 0. The first-order valence-electron chi connectivity index (χ1n) is 5.26. The molecule has 0 amide bonds. The van der Waals surface area contributed by atoms with E-state index in [1.165, 1.54) is 0 Å². The third-order valence-electron chi connectivity index (χ3n) is 2.24. The van der Waals surface area contributed by atoms with Gasteiger partial charge in [0, 0.05) is 12.1 Å². The summed E-state index contributed by atoms with van der Waals surface area (Å²) in [5.41, 5.74) is 2.14. The summed E-state index contributed by atoms with van der Waals surface area (Å²) in [6.07, 6.45) is 0. The van der Waals surface area contributed by atoms with Crippen LogP contribution in [0.2, 0.25) is 0 Å². The van der Waals surface area contributed by atoms with Crippen LogP contribution in [0.3, 0.4) is 0 Å². The lowest BCUT2D eigenvalue weighted by molar-refractivity contribution is 0.288. The third-order valence-corrected chi connectivity index (χ3v) is 2.24. The zero-order valence-corrected chi connectivity index (χ0v) is 9.09. The summed E-state index contributed by atoms with van der Waals surface area (Å²) < 4.78 is 11.0. The first-order valence-corrected chi connectivity index (χ1v) is 5.26. The summed E-state index contributed by atoms with van der Waals surface area (Å²) in [6.45, 7) is 5.98. The lowest BCUT2D eigenvalue weighted by Gasteiger charge is -2.12. The number of benzene rings is 1. The molecule has 1 heterocycles. The molecule has 0 aromatic heterocycles. The maximum Gasteiger partial charge on any atom is 0.163 e. The fourth-order valence-corrected chi connectivity index (χ4v) is 1.62. The van der Waals surface area contributed by atoms with E-state index < -0.39 is 0 Å². The molecule has 0 radical (unpaired) electrons. The van der Waals surface area contributed by atoms with Gasteiger partial charge in [0.1, 0.15) is 0 Å². The Morgan fingerprint density at radius 2 is 1.47 bits per heavy atom. The molecule has 4 heteroatoms. The zero-order valence-electron chi connectivity index (χ0n) is 9.09. The van der Waals surface area contributed by atoms with Gasteiger partial charge in [0.05, 0.1) is 31.3 Å². The number of hydrogen-bond acceptors (Lipinski definition) is 4. The van der Waals surface area contributed by atoms with Crippen molar-refractivity contribution in [3.63, 3.8) is 0 Å². The lowest BCUT2D eigenvalue weighted by atomic mass is 10.2. The molecule has 0 fully saturated rings. The van der Waals surface area contributed by atoms with Crippen LogP contribution in [-0.4, -0.2) is 19.9 Å². The second-order valence-corrected chi connectivity index (χ2v) is 3.24. The van der Waals surface area contributed by atoms with Crippen molar-refractivity contribution in [1.29, 1.82) is 0 Å². The maximum absolute atomic E-state index is 5.52. The Balaban J connectivity index is 2.33. The van der Waals surface area contributed by atoms with Crippen molar-refractivity contribution in [3.05, 3.63) is 12.1 Å². The molecule has 0 bridgehead atoms. The van der Waals surface area contributed by atoms with Crippen LogP contribution in [0.15, 0.2) is 12.1 Å². The second kappa shape index (κ2) is 4.29. The largest absolute Gasteiger partial charge is 0.490 e. The van der Waals surface area contributed by atoms with E-state index in [2.05, 4.69) is 10.6 Å². The Labute approximate surface area is 89.6 Å². The highest BCUT2D eigenvalue weighted by Crippen LogP contribution is 2.38. The lowest BCUT2D eigenvalue weighted by Crippen LogP contribution is -1.99. The molecule has 2 rings (SSSR count). The molecule has 1 aromatic rings. The van der Waals surface area contributed by atoms with Gasteiger partial charge in [-0.3, -0.25) is 0 Å². The SMILES string of the molecule is CCOc1cc2c(cc1OCC)NCN2. The molecule has 0 spiro atoms. The van der Waals surface area contributed by atoms with Crippen LogP contribution in [0.5, 0.6) is 11.5 Å². The molecule has 0 aliphatic carbocycles. The minimum absolute atomic E-state index is 0.645. The fourth-order valence-electron chi connectivity index (χ4n) is 1.62. The van der Waals surface area contributed by atoms with Crippen LogP contribution in [-0.2, 0) is 0 Å². The van der Waals surface area contributed by atoms with Crippen LogP contribution in [0, 0.1) is 0 Å². The van der Waals surface area contributed by atoms with Crippen LogP contribution < -0.4 is 20.1 Å². The van der Waals surface area contributed by atoms with Gasteiger partial charge in [-0.05, 0) is 13.8 Å². The molecule has 15 heavy (non-hydrogen) atoms. The molecule has 0 saturated heterocycles. The summed E-state index contributed by atoms with van der Waals surface area (Å²) in [5.74, 6) is 1.60. The van der Waals surface area contributed by atoms with E-state index in [-0.39, 0.29) is 0 Å². The molecule has 4 nitrogen and oxygen atoms in total. The van der Waals surface area contributed by atoms with E-state index in [0.717, 1.165) is 29.5 Å². The Morgan fingerprint density at radius 1 is 1.00 bits per heavy atom. The van der Waals surface area contributed by atoms with Gasteiger partial charge in [-0.1, -0.05) is 0 Å². The van der Waals surface area contributed by atoms with Gasteiger partial charge in [-0.25, -0.2) is 0 Å². The number of hydrogen-bond donors (Lipinski definition) is 2. The van der Waals surface area contributed by atoms with Crippen molar-refractivity contribution in [2.45, 2.75) is 13.8 Å². The summed E-state index contributed by atoms with van der Waals surface area (Å²) in [5, 5.41) is 6.44. The van der Waals surface area contributed by atoms with Crippen molar-refractivity contribution in [3.8, 4) is 11.5 Å². The first-order chi connectivity index (χ1) is 7.35. The highest BCUT2D eigenvalue weighted by molar-refractivity contribution is 5.77. The first kappa shape index (κ1) is 9.96. The number of rotatable bonds is 4. The van der Waals surface area contributed by atoms with Gasteiger partial charge < -0.3 is 20.1 Å². The minimum Gasteiger partial charge on any atom is -0.490 e. The predicted octanol–water partition coefficient (Wildman–Crippen LogP) is 2.28. The van der Waals surface area contributed by atoms with Crippen molar-refractivity contribution in [2.24, 2.45) is 0 Å². The van der Waals surface area contributed by atoms with Gasteiger partial charge in [0.25, 0.3) is 0 Å². The van der Waals surface area contributed by atoms with E-state index in [4.69, 9.17) is 9.47 Å². The number of ether oxygens (including phenoxy) is 2. The van der Waals surface area contributed by atoms with Gasteiger partial charge >= 0.3 is 0 Å². The van der Waals surface area contributed by atoms with Gasteiger partial charge in [0.2, 0.25) is 0 Å². The van der Waals surface area contributed by atoms with Gasteiger partial charge in [0.15, 0.2) is 11.5 Å². The molecule has 1 aliphatic rings. The normalized spacial score (nSPS) is 12.7. The molecule has 0 atom stereocenters. The zero-order chi connectivity index (χ0) is 10.7. The monoisotopic (exact) mass is 208 g/mol. The minimum atomic E-state index is 0.645. The predicted molar refractivity (Wildman–Crippen MR) is 60.9 cm³/mol. The smallest absolute Gasteiger partial charge is 0.163 e. The number of fused-ring (bicyclic) bond motifs is 1. The van der Waals surface area contributed by atoms with E-state index in [9.17, 15) is 0 Å². The Bertz CT molecular complexity index is 320. The summed E-state index contributed by atoms with van der Waals surface area (Å²) in [6, 6.07) is 3.95. The number of anilines is 2. The van der Waals surface area contributed by atoms with Gasteiger partial charge in [-0.15, -0.1) is 0 Å². The number of nitrogens with one attached hydrogen (secondary N) is 2. The Kier molecular flexibility index (Phi) is 2.85. The summed E-state index contributed by atoms with van der Waals surface area (Å²) in [4.78, 5) is 0. The van der Waals surface area contributed by atoms with Gasteiger partial charge in [-0.2, -0.15) is 0 Å². The Morgan fingerprint density at radius 3 is 1.87 bits per heavy atom. The van der Waals surface area contributed by atoms with Crippen molar-refractivity contribution >= 4 is 11.4 Å². The molecule has 0 unspecified atom stereocenters. The van der Waals surface area contributed by atoms with Crippen molar-refractivity contribution < 1.29 is 9.47 Å². The molecular formula is C11H16N2O2. The van der Waals surface area contributed by atoms with Crippen LogP contribution in [0.25, 0.3) is 0 Å². The molecule has 2 N–H and O–H groups in total. The van der Waals surface area contributed by atoms with Crippen LogP contribution >= 0.6 is 0 Å². The van der Waals surface area contributed by atoms with E-state index in [1.54, 1.807) is 0 Å². The topological polar surface area (TPSA) is 42.5 Å². The molecule has 1 aromatic carbocycles. The molecule has 0 saturated carbocycles. The third kappa shape index (κ3) is 1.93. The highest BCUT2D eigenvalue weighted by atomic mass is 16.5. The summed E-state index contributed by atoms with van der Waals surface area (Å²) >= 11 is 0. The maximum atomic E-state index is 5.52. The quantitative estimate of drug-likeness (QED) is 0.796. The average Bonchev–Trinajstić information content (AvgIpc) is 2.66. The van der Waals surface area contributed by atoms with Crippen molar-refractivity contribution in [2.75, 3.05) is 30.5 Å². The standard InChI is InChI=1S/C11H16N2O2/c1-3-14-10-5-8-9(13-7-12-8)6-11(10)15-4-2/h5-6,12-13H,3-4,7H2,1-2H3. The molecule has 82 valence electrons. The fraction of sp³-hybridized carbons (Fsp3) is 0.455. The Hall–Kier alpha value is -1.58. The van der Waals surface area contributed by atoms with Crippen molar-refractivity contribution in [1.82, 2.24) is 0 Å². The van der Waals surface area contributed by atoms with E-state index >= 15 is 0 Å². The van der Waals surface area contributed by atoms with E-state index in [1.807, 2.05) is 26.0 Å². The molecular weight excluding hydrogens is 192 g/mol.